The minimum atomic E-state index is -4.81. The van der Waals surface area contributed by atoms with Gasteiger partial charge in [-0.3, -0.25) is 9.78 Å². The second kappa shape index (κ2) is 8.21. The van der Waals surface area contributed by atoms with Crippen molar-refractivity contribution in [2.75, 3.05) is 6.61 Å². The highest BCUT2D eigenvalue weighted by Crippen LogP contribution is 2.42. The van der Waals surface area contributed by atoms with Gasteiger partial charge in [0.15, 0.2) is 11.3 Å². The van der Waals surface area contributed by atoms with Crippen molar-refractivity contribution in [3.8, 4) is 11.5 Å². The van der Waals surface area contributed by atoms with Crippen molar-refractivity contribution in [2.45, 2.75) is 37.1 Å². The van der Waals surface area contributed by atoms with Gasteiger partial charge in [-0.15, -0.1) is 13.2 Å². The predicted octanol–water partition coefficient (Wildman–Crippen LogP) is 4.36. The third-order valence-corrected chi connectivity index (χ3v) is 6.43. The first-order valence-electron chi connectivity index (χ1n) is 11.4. The molecular formula is C25H20F3N5O3. The summed E-state index contributed by atoms with van der Waals surface area (Å²) in [7, 11) is 0. The molecule has 1 fully saturated rings. The van der Waals surface area contributed by atoms with Gasteiger partial charge in [-0.05, 0) is 48.7 Å². The van der Waals surface area contributed by atoms with E-state index in [4.69, 9.17) is 4.74 Å². The van der Waals surface area contributed by atoms with Crippen molar-refractivity contribution in [1.29, 1.82) is 0 Å². The quantitative estimate of drug-likeness (QED) is 0.443. The molecule has 1 saturated carbocycles. The summed E-state index contributed by atoms with van der Waals surface area (Å²) in [4.78, 5) is 22.4. The number of alkyl halides is 3. The number of pyridine rings is 1. The molecule has 0 spiro atoms. The van der Waals surface area contributed by atoms with Crippen LogP contribution in [0.15, 0.2) is 60.9 Å². The van der Waals surface area contributed by atoms with E-state index in [1.54, 1.807) is 35.1 Å². The standard InChI is InChI=1S/C25H20F3N5O3/c26-25(27,28)36-17-7-5-16(6-8-17)24(10-13-35-20-2-1-11-30-22(20)24)31-23(34)18-14-21-29-12-9-19(15-3-4-15)33(21)32-18/h1-2,5-9,11-12,14-15H,3-4,10,13H2,(H,31,34)/t24-/m0/s1. The van der Waals surface area contributed by atoms with Crippen LogP contribution in [0.2, 0.25) is 0 Å². The molecule has 4 aromatic rings. The van der Waals surface area contributed by atoms with Gasteiger partial charge in [0.1, 0.15) is 22.7 Å². The number of hydrogen-bond acceptors (Lipinski definition) is 6. The van der Waals surface area contributed by atoms with E-state index in [2.05, 4.69) is 25.1 Å². The fourth-order valence-electron chi connectivity index (χ4n) is 4.65. The number of nitrogens with one attached hydrogen (secondary N) is 1. The minimum Gasteiger partial charge on any atom is -0.491 e. The zero-order valence-electron chi connectivity index (χ0n) is 18.8. The number of nitrogens with zero attached hydrogens (tertiary/aromatic N) is 4. The largest absolute Gasteiger partial charge is 0.573 e. The summed E-state index contributed by atoms with van der Waals surface area (Å²) >= 11 is 0. The molecular weight excluding hydrogens is 475 g/mol. The molecule has 4 heterocycles. The molecule has 11 heteroatoms. The molecule has 2 aliphatic rings. The summed E-state index contributed by atoms with van der Waals surface area (Å²) in [6.45, 7) is 0.262. The van der Waals surface area contributed by atoms with E-state index in [0.29, 0.717) is 35.0 Å². The van der Waals surface area contributed by atoms with Crippen LogP contribution in [0.3, 0.4) is 0 Å². The molecule has 36 heavy (non-hydrogen) atoms. The van der Waals surface area contributed by atoms with Gasteiger partial charge in [0, 0.05) is 36.5 Å². The molecule has 0 radical (unpaired) electrons. The van der Waals surface area contributed by atoms with Crippen LogP contribution >= 0.6 is 0 Å². The molecule has 1 amide bonds. The lowest BCUT2D eigenvalue weighted by atomic mass is 9.81. The Bertz CT molecular complexity index is 1450. The molecule has 184 valence electrons. The minimum absolute atomic E-state index is 0.177. The fraction of sp³-hybridized carbons (Fsp3) is 0.280. The van der Waals surface area contributed by atoms with Crippen molar-refractivity contribution in [2.24, 2.45) is 0 Å². The average Bonchev–Trinajstić information content (AvgIpc) is 3.60. The van der Waals surface area contributed by atoms with Gasteiger partial charge in [-0.2, -0.15) is 5.10 Å². The molecule has 0 bridgehead atoms. The number of amides is 1. The van der Waals surface area contributed by atoms with Gasteiger partial charge >= 0.3 is 6.36 Å². The summed E-state index contributed by atoms with van der Waals surface area (Å²) in [6.07, 6.45) is 0.918. The number of rotatable bonds is 5. The number of hydrogen-bond donors (Lipinski definition) is 1. The lowest BCUT2D eigenvalue weighted by Gasteiger charge is -2.38. The molecule has 6 rings (SSSR count). The molecule has 1 N–H and O–H groups in total. The summed E-state index contributed by atoms with van der Waals surface area (Å²) in [5.74, 6) is 0.0606. The Kier molecular flexibility index (Phi) is 5.09. The van der Waals surface area contributed by atoms with E-state index in [-0.39, 0.29) is 18.1 Å². The molecule has 1 atom stereocenters. The zero-order chi connectivity index (χ0) is 24.9. The number of ether oxygens (including phenoxy) is 2. The highest BCUT2D eigenvalue weighted by molar-refractivity contribution is 5.94. The lowest BCUT2D eigenvalue weighted by molar-refractivity contribution is -0.274. The average molecular weight is 495 g/mol. The van der Waals surface area contributed by atoms with Crippen LogP contribution in [0.1, 0.15) is 52.6 Å². The summed E-state index contributed by atoms with van der Waals surface area (Å²) in [5, 5.41) is 7.59. The molecule has 8 nitrogen and oxygen atoms in total. The van der Waals surface area contributed by atoms with Gasteiger partial charge in [0.05, 0.1) is 6.61 Å². The summed E-state index contributed by atoms with van der Waals surface area (Å²) < 4.78 is 49.5. The van der Waals surface area contributed by atoms with E-state index in [9.17, 15) is 18.0 Å². The van der Waals surface area contributed by atoms with Gasteiger partial charge in [-0.25, -0.2) is 9.50 Å². The number of carbonyl (C=O) groups is 1. The topological polar surface area (TPSA) is 90.6 Å². The Morgan fingerprint density at radius 3 is 2.67 bits per heavy atom. The zero-order valence-corrected chi connectivity index (χ0v) is 18.8. The van der Waals surface area contributed by atoms with Crippen LogP contribution in [0.4, 0.5) is 13.2 Å². The number of benzene rings is 1. The Labute approximate surface area is 203 Å². The lowest BCUT2D eigenvalue weighted by Crippen LogP contribution is -2.50. The second-order valence-corrected chi connectivity index (χ2v) is 8.82. The van der Waals surface area contributed by atoms with Crippen molar-refractivity contribution < 1.29 is 27.4 Å². The first kappa shape index (κ1) is 22.3. The second-order valence-electron chi connectivity index (χ2n) is 8.82. The molecule has 1 aliphatic heterocycles. The van der Waals surface area contributed by atoms with Crippen molar-refractivity contribution in [3.05, 3.63) is 83.6 Å². The predicted molar refractivity (Wildman–Crippen MR) is 121 cm³/mol. The normalized spacial score (nSPS) is 19.4. The third-order valence-electron chi connectivity index (χ3n) is 6.43. The van der Waals surface area contributed by atoms with Gasteiger partial charge in [-0.1, -0.05) is 12.1 Å². The van der Waals surface area contributed by atoms with Crippen LogP contribution in [0, 0.1) is 0 Å². The number of halogens is 3. The molecule has 1 aromatic carbocycles. The smallest absolute Gasteiger partial charge is 0.491 e. The van der Waals surface area contributed by atoms with Crippen LogP contribution in [0.25, 0.3) is 5.65 Å². The van der Waals surface area contributed by atoms with Crippen LogP contribution in [0.5, 0.6) is 11.5 Å². The molecule has 3 aromatic heterocycles. The molecule has 1 aliphatic carbocycles. The number of carbonyl (C=O) groups excluding carboxylic acids is 1. The first-order chi connectivity index (χ1) is 17.3. The maximum atomic E-state index is 13.6. The van der Waals surface area contributed by atoms with E-state index in [1.165, 1.54) is 24.3 Å². The monoisotopic (exact) mass is 495 g/mol. The molecule has 0 saturated heterocycles. The number of fused-ring (bicyclic) bond motifs is 2. The third kappa shape index (κ3) is 4.00. The first-order valence-corrected chi connectivity index (χ1v) is 11.4. The van der Waals surface area contributed by atoms with Crippen molar-refractivity contribution >= 4 is 11.6 Å². The fourth-order valence-corrected chi connectivity index (χ4v) is 4.65. The van der Waals surface area contributed by atoms with E-state index >= 15 is 0 Å². The Balaban J connectivity index is 1.40. The SMILES string of the molecule is O=C(N[C@]1(c2ccc(OC(F)(F)F)cc2)CCOc2cccnc21)c1cc2nccc(C3CC3)n2n1. The summed E-state index contributed by atoms with van der Waals surface area (Å²) in [6, 6.07) is 12.4. The van der Waals surface area contributed by atoms with Crippen molar-refractivity contribution in [3.63, 3.8) is 0 Å². The maximum absolute atomic E-state index is 13.6. The Morgan fingerprint density at radius 1 is 1.11 bits per heavy atom. The Hall–Kier alpha value is -4.15. The summed E-state index contributed by atoms with van der Waals surface area (Å²) in [5.41, 5.74) is 1.58. The highest BCUT2D eigenvalue weighted by Gasteiger charge is 2.43. The van der Waals surface area contributed by atoms with E-state index in [0.717, 1.165) is 18.5 Å². The highest BCUT2D eigenvalue weighted by atomic mass is 19.4. The van der Waals surface area contributed by atoms with Crippen molar-refractivity contribution in [1.82, 2.24) is 24.9 Å². The van der Waals surface area contributed by atoms with Crippen LogP contribution in [-0.4, -0.2) is 38.5 Å². The maximum Gasteiger partial charge on any atom is 0.573 e. The van der Waals surface area contributed by atoms with Gasteiger partial charge in [0.2, 0.25) is 0 Å². The van der Waals surface area contributed by atoms with E-state index < -0.39 is 17.8 Å². The number of aromatic nitrogens is 4. The van der Waals surface area contributed by atoms with Gasteiger partial charge < -0.3 is 14.8 Å². The van der Waals surface area contributed by atoms with Crippen LogP contribution in [-0.2, 0) is 5.54 Å². The van der Waals surface area contributed by atoms with Crippen LogP contribution < -0.4 is 14.8 Å². The van der Waals surface area contributed by atoms with Gasteiger partial charge in [0.25, 0.3) is 5.91 Å². The van der Waals surface area contributed by atoms with E-state index in [1.807, 2.05) is 6.07 Å². The molecule has 0 unspecified atom stereocenters. The Morgan fingerprint density at radius 2 is 1.92 bits per heavy atom.